The van der Waals surface area contributed by atoms with Gasteiger partial charge in [-0.15, -0.1) is 0 Å². The number of hydrogen-bond donors (Lipinski definition) is 2. The van der Waals surface area contributed by atoms with Gasteiger partial charge in [-0.3, -0.25) is 14.9 Å². The molecule has 0 saturated carbocycles. The predicted molar refractivity (Wildman–Crippen MR) is 74.9 cm³/mol. The van der Waals surface area contributed by atoms with Crippen LogP contribution in [0.3, 0.4) is 0 Å². The third-order valence-electron chi connectivity index (χ3n) is 2.35. The molecule has 0 aliphatic heterocycles. The molecule has 108 valence electrons. The Kier molecular flexibility index (Phi) is 6.26. The van der Waals surface area contributed by atoms with Crippen molar-refractivity contribution in [3.05, 3.63) is 38.9 Å². The van der Waals surface area contributed by atoms with Gasteiger partial charge >= 0.3 is 5.97 Å². The zero-order valence-electron chi connectivity index (χ0n) is 10.1. The van der Waals surface area contributed by atoms with E-state index in [0.717, 1.165) is 0 Å². The third kappa shape index (κ3) is 4.71. The highest BCUT2D eigenvalue weighted by Crippen LogP contribution is 2.26. The van der Waals surface area contributed by atoms with E-state index in [-0.39, 0.29) is 22.2 Å². The number of nitro groups is 1. The minimum absolute atomic E-state index is 0.105. The molecule has 0 radical (unpaired) electrons. The lowest BCUT2D eigenvalue weighted by Crippen LogP contribution is -2.37. The van der Waals surface area contributed by atoms with Gasteiger partial charge in [0.2, 0.25) is 6.41 Å². The molecule has 1 rings (SSSR count). The van der Waals surface area contributed by atoms with Crippen molar-refractivity contribution < 1.29 is 19.6 Å². The van der Waals surface area contributed by atoms with Crippen molar-refractivity contribution >= 4 is 41.4 Å². The highest BCUT2D eigenvalue weighted by atomic mass is 35.5. The van der Waals surface area contributed by atoms with Gasteiger partial charge in [0.25, 0.3) is 5.69 Å². The van der Waals surface area contributed by atoms with Gasteiger partial charge in [-0.05, 0) is 12.1 Å². The lowest BCUT2D eigenvalue weighted by molar-refractivity contribution is -0.385. The Bertz CT molecular complexity index is 526. The van der Waals surface area contributed by atoms with Crippen molar-refractivity contribution in [3.63, 3.8) is 0 Å². The molecule has 0 spiro atoms. The maximum absolute atomic E-state index is 10.9. The number of carbonyl (C=O) groups excluding carboxylic acids is 1. The Morgan fingerprint density at radius 2 is 2.30 bits per heavy atom. The van der Waals surface area contributed by atoms with Crippen molar-refractivity contribution in [2.45, 2.75) is 11.8 Å². The molecule has 1 aromatic carbocycles. The van der Waals surface area contributed by atoms with Crippen molar-refractivity contribution in [1.82, 2.24) is 5.32 Å². The monoisotopic (exact) mass is 318 g/mol. The first-order chi connectivity index (χ1) is 9.45. The molecule has 1 atom stereocenters. The summed E-state index contributed by atoms with van der Waals surface area (Å²) in [6.45, 7) is 0. The Morgan fingerprint density at radius 1 is 1.60 bits per heavy atom. The second-order valence-corrected chi connectivity index (χ2v) is 5.19. The number of thioether (sulfide) groups is 1. The van der Waals surface area contributed by atoms with Crippen LogP contribution in [-0.4, -0.2) is 34.2 Å². The smallest absolute Gasteiger partial charge is 0.327 e. The minimum atomic E-state index is -1.16. The molecule has 7 nitrogen and oxygen atoms in total. The maximum atomic E-state index is 10.9. The highest BCUT2D eigenvalue weighted by molar-refractivity contribution is 7.98. The fourth-order valence-electron chi connectivity index (χ4n) is 1.39. The van der Waals surface area contributed by atoms with Gasteiger partial charge < -0.3 is 10.4 Å². The number of rotatable bonds is 8. The SMILES string of the molecule is O=CNC(CSCc1ccc(Cl)cc1[N+](=O)[O-])C(=O)O. The van der Waals surface area contributed by atoms with Crippen LogP contribution >= 0.6 is 23.4 Å². The average Bonchev–Trinajstić information content (AvgIpc) is 2.38. The maximum Gasteiger partial charge on any atom is 0.327 e. The zero-order chi connectivity index (χ0) is 15.1. The van der Waals surface area contributed by atoms with Crippen LogP contribution < -0.4 is 5.32 Å². The van der Waals surface area contributed by atoms with Crippen LogP contribution in [0.15, 0.2) is 18.2 Å². The molecule has 0 heterocycles. The molecular formula is C11H11ClN2O5S. The molecule has 2 N–H and O–H groups in total. The van der Waals surface area contributed by atoms with Gasteiger partial charge in [0, 0.05) is 28.2 Å². The summed E-state index contributed by atoms with van der Waals surface area (Å²) in [5, 5.41) is 22.1. The van der Waals surface area contributed by atoms with Gasteiger partial charge in [0.05, 0.1) is 4.92 Å². The van der Waals surface area contributed by atoms with Crippen molar-refractivity contribution in [3.8, 4) is 0 Å². The summed E-state index contributed by atoms with van der Waals surface area (Å²) in [6, 6.07) is 3.28. The molecule has 0 aliphatic rings. The molecule has 1 amide bonds. The lowest BCUT2D eigenvalue weighted by Gasteiger charge is -2.10. The van der Waals surface area contributed by atoms with Crippen molar-refractivity contribution in [2.24, 2.45) is 0 Å². The number of carbonyl (C=O) groups is 2. The van der Waals surface area contributed by atoms with Gasteiger partial charge in [0.15, 0.2) is 0 Å². The summed E-state index contributed by atoms with van der Waals surface area (Å²) in [7, 11) is 0. The molecule has 9 heteroatoms. The van der Waals surface area contributed by atoms with Crippen molar-refractivity contribution in [2.75, 3.05) is 5.75 Å². The number of nitrogens with one attached hydrogen (secondary N) is 1. The predicted octanol–water partition coefficient (Wildman–Crippen LogP) is 1.68. The van der Waals surface area contributed by atoms with Crippen LogP contribution in [0.2, 0.25) is 5.02 Å². The summed E-state index contributed by atoms with van der Waals surface area (Å²) in [6.07, 6.45) is 0.310. The number of halogens is 1. The number of nitro benzene ring substituents is 1. The van der Waals surface area contributed by atoms with Crippen LogP contribution in [0.25, 0.3) is 0 Å². The molecule has 1 aromatic rings. The Morgan fingerprint density at radius 3 is 2.85 bits per heavy atom. The van der Waals surface area contributed by atoms with E-state index >= 15 is 0 Å². The number of hydrogen-bond acceptors (Lipinski definition) is 5. The number of nitrogens with zero attached hydrogens (tertiary/aromatic N) is 1. The average molecular weight is 319 g/mol. The van der Waals surface area contributed by atoms with Gasteiger partial charge in [-0.2, -0.15) is 11.8 Å². The van der Waals surface area contributed by atoms with Gasteiger partial charge in [-0.25, -0.2) is 4.79 Å². The Balaban J connectivity index is 2.68. The van der Waals surface area contributed by atoms with Crippen LogP contribution in [0.1, 0.15) is 5.56 Å². The van der Waals surface area contributed by atoms with E-state index < -0.39 is 16.9 Å². The molecule has 20 heavy (non-hydrogen) atoms. The quantitative estimate of drug-likeness (QED) is 0.429. The van der Waals surface area contributed by atoms with E-state index in [0.29, 0.717) is 12.0 Å². The van der Waals surface area contributed by atoms with Gasteiger partial charge in [-0.1, -0.05) is 11.6 Å². The molecule has 0 fully saturated rings. The highest BCUT2D eigenvalue weighted by Gasteiger charge is 2.18. The summed E-state index contributed by atoms with van der Waals surface area (Å²) >= 11 is 6.86. The second-order valence-electron chi connectivity index (χ2n) is 3.72. The fourth-order valence-corrected chi connectivity index (χ4v) is 2.61. The van der Waals surface area contributed by atoms with Gasteiger partial charge in [0.1, 0.15) is 6.04 Å². The summed E-state index contributed by atoms with van der Waals surface area (Å²) < 4.78 is 0. The third-order valence-corrected chi connectivity index (χ3v) is 3.67. The van der Waals surface area contributed by atoms with Crippen LogP contribution in [0.5, 0.6) is 0 Å². The second kappa shape index (κ2) is 7.71. The number of aliphatic carboxylic acids is 1. The van der Waals surface area contributed by atoms with E-state index in [4.69, 9.17) is 16.7 Å². The number of carboxylic acid groups (broad SMARTS) is 1. The van der Waals surface area contributed by atoms with E-state index in [2.05, 4.69) is 5.32 Å². The lowest BCUT2D eigenvalue weighted by atomic mass is 10.2. The molecule has 0 aliphatic carbocycles. The summed E-state index contributed by atoms with van der Waals surface area (Å²) in [4.78, 5) is 31.4. The van der Waals surface area contributed by atoms with E-state index in [1.165, 1.54) is 30.0 Å². The standard InChI is InChI=1S/C11H11ClN2O5S/c12-8-2-1-7(10(3-8)14(18)19)4-20-5-9(11(16)17)13-6-15/h1-3,6,9H,4-5H2,(H,13,15)(H,16,17). The van der Waals surface area contributed by atoms with Crippen LogP contribution in [0, 0.1) is 10.1 Å². The molecule has 0 bridgehead atoms. The van der Waals surface area contributed by atoms with E-state index in [1.54, 1.807) is 0 Å². The molecule has 0 aromatic heterocycles. The first kappa shape index (κ1) is 16.3. The summed E-state index contributed by atoms with van der Waals surface area (Å²) in [5.41, 5.74) is 0.333. The van der Waals surface area contributed by atoms with Crippen LogP contribution in [-0.2, 0) is 15.3 Å². The number of carboxylic acids is 1. The first-order valence-corrected chi connectivity index (χ1v) is 6.92. The minimum Gasteiger partial charge on any atom is -0.480 e. The van der Waals surface area contributed by atoms with E-state index in [1.807, 2.05) is 0 Å². The Labute approximate surface area is 123 Å². The van der Waals surface area contributed by atoms with E-state index in [9.17, 15) is 19.7 Å². The molecule has 1 unspecified atom stereocenters. The topological polar surface area (TPSA) is 110 Å². The largest absolute Gasteiger partial charge is 0.480 e. The summed E-state index contributed by atoms with van der Waals surface area (Å²) in [5.74, 6) is -0.804. The number of benzene rings is 1. The van der Waals surface area contributed by atoms with Crippen molar-refractivity contribution in [1.29, 1.82) is 0 Å². The molecule has 0 saturated heterocycles. The first-order valence-electron chi connectivity index (χ1n) is 5.38. The van der Waals surface area contributed by atoms with Crippen LogP contribution in [0.4, 0.5) is 5.69 Å². The Hall–Kier alpha value is -1.80. The number of amides is 1. The molecular weight excluding hydrogens is 308 g/mol. The zero-order valence-corrected chi connectivity index (χ0v) is 11.7. The normalized spacial score (nSPS) is 11.7. The fraction of sp³-hybridized carbons (Fsp3) is 0.273.